The molecule has 0 heterocycles. The van der Waals surface area contributed by atoms with Crippen molar-refractivity contribution in [2.75, 3.05) is 20.6 Å². The molecule has 0 aliphatic carbocycles. The van der Waals surface area contributed by atoms with E-state index in [0.717, 1.165) is 36.2 Å². The van der Waals surface area contributed by atoms with E-state index in [9.17, 15) is 0 Å². The first-order valence-electron chi connectivity index (χ1n) is 8.56. The second kappa shape index (κ2) is 10.1. The van der Waals surface area contributed by atoms with Crippen LogP contribution in [0.15, 0.2) is 53.5 Å². The number of hydrogen-bond acceptors (Lipinski definition) is 2. The highest BCUT2D eigenvalue weighted by molar-refractivity contribution is 6.30. The van der Waals surface area contributed by atoms with Gasteiger partial charge in [-0.15, -0.1) is 0 Å². The fourth-order valence-electron chi connectivity index (χ4n) is 2.46. The van der Waals surface area contributed by atoms with E-state index in [-0.39, 0.29) is 0 Å². The summed E-state index contributed by atoms with van der Waals surface area (Å²) in [5.74, 6) is 0.783. The molecule has 5 heteroatoms. The molecule has 25 heavy (non-hydrogen) atoms. The highest BCUT2D eigenvalue weighted by atomic mass is 35.5. The number of halogens is 1. The summed E-state index contributed by atoms with van der Waals surface area (Å²) in [7, 11) is 3.91. The van der Waals surface area contributed by atoms with Crippen LogP contribution in [0.4, 0.5) is 0 Å². The molecule has 134 valence electrons. The van der Waals surface area contributed by atoms with E-state index >= 15 is 0 Å². The van der Waals surface area contributed by atoms with E-state index in [1.807, 2.05) is 24.3 Å². The lowest BCUT2D eigenvalue weighted by molar-refractivity contribution is 0.345. The van der Waals surface area contributed by atoms with E-state index in [1.54, 1.807) is 7.05 Å². The Morgan fingerprint density at radius 3 is 2.28 bits per heavy atom. The van der Waals surface area contributed by atoms with Crippen molar-refractivity contribution >= 4 is 17.6 Å². The Morgan fingerprint density at radius 2 is 1.64 bits per heavy atom. The molecule has 0 saturated heterocycles. The van der Waals surface area contributed by atoms with Crippen molar-refractivity contribution in [2.24, 2.45) is 4.99 Å². The van der Waals surface area contributed by atoms with Crippen LogP contribution in [0, 0.1) is 0 Å². The molecule has 0 radical (unpaired) electrons. The van der Waals surface area contributed by atoms with Gasteiger partial charge in [0, 0.05) is 31.7 Å². The molecular weight excluding hydrogens is 332 g/mol. The predicted molar refractivity (Wildman–Crippen MR) is 107 cm³/mol. The minimum absolute atomic E-state index is 0.707. The van der Waals surface area contributed by atoms with Gasteiger partial charge in [-0.1, -0.05) is 54.9 Å². The van der Waals surface area contributed by atoms with Crippen LogP contribution >= 0.6 is 11.6 Å². The Hall–Kier alpha value is -2.04. The summed E-state index contributed by atoms with van der Waals surface area (Å²) in [5, 5.41) is 7.43. The number of aliphatic imine (C=N–C) groups is 1. The Morgan fingerprint density at radius 1 is 1.00 bits per heavy atom. The van der Waals surface area contributed by atoms with Gasteiger partial charge in [-0.3, -0.25) is 4.99 Å². The standard InChI is InChI=1S/C20H27ClN4/c1-4-25(3)15-18-7-5-6-17(12-18)14-24-20(22-2)23-13-16-8-10-19(21)11-9-16/h5-12H,4,13-15H2,1-3H3,(H2,22,23,24). The van der Waals surface area contributed by atoms with Crippen molar-refractivity contribution in [2.45, 2.75) is 26.6 Å². The summed E-state index contributed by atoms with van der Waals surface area (Å²) < 4.78 is 0. The van der Waals surface area contributed by atoms with Crippen LogP contribution in [0.1, 0.15) is 23.6 Å². The molecule has 0 aliphatic rings. The molecule has 2 rings (SSSR count). The first kappa shape index (κ1) is 19.3. The fourth-order valence-corrected chi connectivity index (χ4v) is 2.58. The van der Waals surface area contributed by atoms with Gasteiger partial charge in [-0.25, -0.2) is 0 Å². The lowest BCUT2D eigenvalue weighted by Crippen LogP contribution is -2.36. The Bertz CT molecular complexity index is 682. The number of hydrogen-bond donors (Lipinski definition) is 2. The first-order chi connectivity index (χ1) is 12.1. The molecule has 0 aromatic heterocycles. The van der Waals surface area contributed by atoms with Crippen molar-refractivity contribution in [1.29, 1.82) is 0 Å². The summed E-state index contributed by atoms with van der Waals surface area (Å²) in [6, 6.07) is 16.5. The van der Waals surface area contributed by atoms with E-state index in [4.69, 9.17) is 11.6 Å². The topological polar surface area (TPSA) is 39.7 Å². The van der Waals surface area contributed by atoms with Crippen molar-refractivity contribution in [3.63, 3.8) is 0 Å². The molecule has 0 spiro atoms. The van der Waals surface area contributed by atoms with Gasteiger partial charge in [0.1, 0.15) is 0 Å². The van der Waals surface area contributed by atoms with E-state index in [0.29, 0.717) is 6.54 Å². The second-order valence-electron chi connectivity index (χ2n) is 6.06. The van der Waals surface area contributed by atoms with Gasteiger partial charge < -0.3 is 15.5 Å². The fraction of sp³-hybridized carbons (Fsp3) is 0.350. The average Bonchev–Trinajstić information content (AvgIpc) is 2.63. The van der Waals surface area contributed by atoms with Crippen LogP contribution in [0.3, 0.4) is 0 Å². The highest BCUT2D eigenvalue weighted by Gasteiger charge is 2.02. The lowest BCUT2D eigenvalue weighted by atomic mass is 10.1. The monoisotopic (exact) mass is 358 g/mol. The van der Waals surface area contributed by atoms with Crippen LogP contribution in [-0.4, -0.2) is 31.5 Å². The van der Waals surface area contributed by atoms with Gasteiger partial charge in [0.05, 0.1) is 0 Å². The zero-order valence-electron chi connectivity index (χ0n) is 15.2. The first-order valence-corrected chi connectivity index (χ1v) is 8.94. The zero-order valence-corrected chi connectivity index (χ0v) is 16.0. The van der Waals surface area contributed by atoms with E-state index in [1.165, 1.54) is 11.1 Å². The molecule has 4 nitrogen and oxygen atoms in total. The van der Waals surface area contributed by atoms with Crippen LogP contribution < -0.4 is 10.6 Å². The predicted octanol–water partition coefficient (Wildman–Crippen LogP) is 3.66. The summed E-state index contributed by atoms with van der Waals surface area (Å²) in [6.07, 6.45) is 0. The van der Waals surface area contributed by atoms with Gasteiger partial charge >= 0.3 is 0 Å². The van der Waals surface area contributed by atoms with Crippen molar-refractivity contribution in [3.05, 3.63) is 70.2 Å². The summed E-state index contributed by atoms with van der Waals surface area (Å²) in [4.78, 5) is 6.57. The normalized spacial score (nSPS) is 11.6. The summed E-state index contributed by atoms with van der Waals surface area (Å²) in [5.41, 5.74) is 3.74. The van der Waals surface area contributed by atoms with E-state index < -0.39 is 0 Å². The smallest absolute Gasteiger partial charge is 0.191 e. The minimum atomic E-state index is 0.707. The Kier molecular flexibility index (Phi) is 7.76. The lowest BCUT2D eigenvalue weighted by Gasteiger charge is -2.15. The second-order valence-corrected chi connectivity index (χ2v) is 6.49. The summed E-state index contributed by atoms with van der Waals surface area (Å²) >= 11 is 5.91. The average molecular weight is 359 g/mol. The van der Waals surface area contributed by atoms with Crippen LogP contribution in [-0.2, 0) is 19.6 Å². The molecule has 0 amide bonds. The maximum absolute atomic E-state index is 5.91. The molecule has 0 saturated carbocycles. The maximum Gasteiger partial charge on any atom is 0.191 e. The zero-order chi connectivity index (χ0) is 18.1. The quantitative estimate of drug-likeness (QED) is 0.586. The third-order valence-corrected chi connectivity index (χ3v) is 4.29. The number of benzene rings is 2. The largest absolute Gasteiger partial charge is 0.352 e. The highest BCUT2D eigenvalue weighted by Crippen LogP contribution is 2.09. The summed E-state index contributed by atoms with van der Waals surface area (Å²) in [6.45, 7) is 5.63. The molecule has 0 bridgehead atoms. The van der Waals surface area contributed by atoms with Crippen molar-refractivity contribution in [3.8, 4) is 0 Å². The van der Waals surface area contributed by atoms with Crippen LogP contribution in [0.5, 0.6) is 0 Å². The minimum Gasteiger partial charge on any atom is -0.352 e. The number of nitrogens with one attached hydrogen (secondary N) is 2. The molecule has 2 N–H and O–H groups in total. The molecule has 2 aromatic rings. The number of nitrogens with zero attached hydrogens (tertiary/aromatic N) is 2. The van der Waals surface area contributed by atoms with Crippen molar-refractivity contribution < 1.29 is 0 Å². The SMILES string of the molecule is CCN(C)Cc1cccc(CNC(=NC)NCc2ccc(Cl)cc2)c1. The molecular formula is C20H27ClN4. The number of rotatable bonds is 7. The molecule has 0 atom stereocenters. The van der Waals surface area contributed by atoms with Crippen LogP contribution in [0.2, 0.25) is 5.02 Å². The number of guanidine groups is 1. The van der Waals surface area contributed by atoms with Gasteiger partial charge in [0.2, 0.25) is 0 Å². The third kappa shape index (κ3) is 6.77. The Balaban J connectivity index is 1.86. The van der Waals surface area contributed by atoms with Gasteiger partial charge in [-0.2, -0.15) is 0 Å². The van der Waals surface area contributed by atoms with Gasteiger partial charge in [0.25, 0.3) is 0 Å². The van der Waals surface area contributed by atoms with Crippen LogP contribution in [0.25, 0.3) is 0 Å². The van der Waals surface area contributed by atoms with E-state index in [2.05, 4.69) is 58.8 Å². The molecule has 0 fully saturated rings. The van der Waals surface area contributed by atoms with Gasteiger partial charge in [-0.05, 0) is 42.4 Å². The van der Waals surface area contributed by atoms with Gasteiger partial charge in [0.15, 0.2) is 5.96 Å². The molecule has 2 aromatic carbocycles. The molecule has 0 unspecified atom stereocenters. The van der Waals surface area contributed by atoms with Crippen molar-refractivity contribution in [1.82, 2.24) is 15.5 Å². The third-order valence-electron chi connectivity index (χ3n) is 4.04. The maximum atomic E-state index is 5.91. The molecule has 0 aliphatic heterocycles. The Labute approximate surface area is 155 Å².